The Hall–Kier alpha value is -3.40. The van der Waals surface area contributed by atoms with E-state index >= 15 is 0 Å². The molecule has 0 spiro atoms. The molecule has 0 fully saturated rings. The molecule has 0 aliphatic carbocycles. The molecular formula is C23H20N2O2. The lowest BCUT2D eigenvalue weighted by atomic mass is 10.1. The van der Waals surface area contributed by atoms with Crippen LogP contribution in [-0.2, 0) is 6.42 Å². The van der Waals surface area contributed by atoms with Gasteiger partial charge in [0, 0.05) is 16.8 Å². The minimum Gasteiger partial charge on any atom is -0.436 e. The average molecular weight is 356 g/mol. The first kappa shape index (κ1) is 17.0. The Kier molecular flexibility index (Phi) is 4.47. The van der Waals surface area contributed by atoms with Crippen LogP contribution >= 0.6 is 0 Å². The van der Waals surface area contributed by atoms with Crippen LogP contribution in [0.15, 0.2) is 71.1 Å². The summed E-state index contributed by atoms with van der Waals surface area (Å²) in [6, 6.07) is 21.1. The highest BCUT2D eigenvalue weighted by Gasteiger charge is 2.11. The van der Waals surface area contributed by atoms with E-state index in [0.717, 1.165) is 28.6 Å². The maximum Gasteiger partial charge on any atom is 0.255 e. The minimum atomic E-state index is -0.141. The fourth-order valence-corrected chi connectivity index (χ4v) is 2.95. The van der Waals surface area contributed by atoms with Crippen LogP contribution in [0.25, 0.3) is 22.6 Å². The molecule has 134 valence electrons. The monoisotopic (exact) mass is 356 g/mol. The maximum absolute atomic E-state index is 12.4. The quantitative estimate of drug-likeness (QED) is 0.516. The molecule has 4 nitrogen and oxygen atoms in total. The number of anilines is 1. The lowest BCUT2D eigenvalue weighted by molar-refractivity contribution is 0.102. The Bertz CT molecular complexity index is 1110. The summed E-state index contributed by atoms with van der Waals surface area (Å²) in [5.74, 6) is 0.405. The number of aromatic nitrogens is 1. The average Bonchev–Trinajstić information content (AvgIpc) is 3.12. The highest BCUT2D eigenvalue weighted by molar-refractivity contribution is 6.04. The summed E-state index contributed by atoms with van der Waals surface area (Å²) in [4.78, 5) is 17.0. The highest BCUT2D eigenvalue weighted by atomic mass is 16.3. The lowest BCUT2D eigenvalue weighted by Gasteiger charge is -2.06. The van der Waals surface area contributed by atoms with Crippen LogP contribution in [0.3, 0.4) is 0 Å². The zero-order valence-electron chi connectivity index (χ0n) is 15.3. The summed E-state index contributed by atoms with van der Waals surface area (Å²) < 4.78 is 5.89. The summed E-state index contributed by atoms with van der Waals surface area (Å²) in [6.45, 7) is 4.11. The molecule has 0 atom stereocenters. The van der Waals surface area contributed by atoms with Crippen LogP contribution in [0.5, 0.6) is 0 Å². The van der Waals surface area contributed by atoms with E-state index in [0.29, 0.717) is 17.1 Å². The smallest absolute Gasteiger partial charge is 0.255 e. The van der Waals surface area contributed by atoms with Crippen LogP contribution in [0, 0.1) is 6.92 Å². The predicted molar refractivity (Wildman–Crippen MR) is 108 cm³/mol. The van der Waals surface area contributed by atoms with Crippen LogP contribution in [-0.4, -0.2) is 10.9 Å². The Morgan fingerprint density at radius 1 is 1.04 bits per heavy atom. The molecule has 0 saturated heterocycles. The van der Waals surface area contributed by atoms with Crippen LogP contribution in [0.1, 0.15) is 28.4 Å². The number of nitrogens with one attached hydrogen (secondary N) is 1. The van der Waals surface area contributed by atoms with Crippen molar-refractivity contribution in [2.75, 3.05) is 5.32 Å². The second-order valence-corrected chi connectivity index (χ2v) is 6.58. The molecule has 0 unspecified atom stereocenters. The van der Waals surface area contributed by atoms with Crippen molar-refractivity contribution in [3.63, 3.8) is 0 Å². The van der Waals surface area contributed by atoms with E-state index in [1.54, 1.807) is 0 Å². The molecule has 0 aliphatic heterocycles. The number of hydrogen-bond donors (Lipinski definition) is 1. The zero-order chi connectivity index (χ0) is 18.8. The van der Waals surface area contributed by atoms with Gasteiger partial charge in [-0.05, 0) is 61.4 Å². The Morgan fingerprint density at radius 2 is 1.85 bits per heavy atom. The van der Waals surface area contributed by atoms with E-state index in [9.17, 15) is 4.79 Å². The molecule has 1 N–H and O–H groups in total. The first-order valence-corrected chi connectivity index (χ1v) is 9.00. The van der Waals surface area contributed by atoms with Gasteiger partial charge in [-0.15, -0.1) is 0 Å². The van der Waals surface area contributed by atoms with Gasteiger partial charge in [-0.25, -0.2) is 4.98 Å². The Labute approximate surface area is 157 Å². The second kappa shape index (κ2) is 7.08. The Balaban J connectivity index is 1.60. The molecule has 1 aromatic heterocycles. The van der Waals surface area contributed by atoms with Crippen LogP contribution in [0.4, 0.5) is 5.69 Å². The van der Waals surface area contributed by atoms with Gasteiger partial charge in [-0.3, -0.25) is 4.79 Å². The zero-order valence-corrected chi connectivity index (χ0v) is 15.3. The van der Waals surface area contributed by atoms with E-state index in [4.69, 9.17) is 4.42 Å². The van der Waals surface area contributed by atoms with Crippen molar-refractivity contribution in [2.45, 2.75) is 20.3 Å². The predicted octanol–water partition coefficient (Wildman–Crippen LogP) is 5.62. The van der Waals surface area contributed by atoms with Gasteiger partial charge in [0.1, 0.15) is 5.52 Å². The van der Waals surface area contributed by atoms with Crippen molar-refractivity contribution >= 4 is 22.7 Å². The lowest BCUT2D eigenvalue weighted by Crippen LogP contribution is -2.11. The number of benzene rings is 3. The highest BCUT2D eigenvalue weighted by Crippen LogP contribution is 2.27. The first-order chi connectivity index (χ1) is 13.1. The van der Waals surface area contributed by atoms with E-state index in [1.807, 2.05) is 67.6 Å². The van der Waals surface area contributed by atoms with Gasteiger partial charge in [0.2, 0.25) is 5.89 Å². The number of oxazole rings is 1. The number of aryl methyl sites for hydroxylation is 2. The van der Waals surface area contributed by atoms with Crippen molar-refractivity contribution in [1.82, 2.24) is 4.98 Å². The number of amides is 1. The minimum absolute atomic E-state index is 0.141. The Morgan fingerprint density at radius 3 is 2.63 bits per heavy atom. The molecule has 1 heterocycles. The van der Waals surface area contributed by atoms with Gasteiger partial charge < -0.3 is 9.73 Å². The molecular weight excluding hydrogens is 336 g/mol. The topological polar surface area (TPSA) is 55.1 Å². The second-order valence-electron chi connectivity index (χ2n) is 6.58. The molecule has 4 aromatic rings. The van der Waals surface area contributed by atoms with E-state index < -0.39 is 0 Å². The van der Waals surface area contributed by atoms with Gasteiger partial charge in [0.15, 0.2) is 5.58 Å². The summed E-state index contributed by atoms with van der Waals surface area (Å²) >= 11 is 0. The number of rotatable bonds is 4. The van der Waals surface area contributed by atoms with Crippen molar-refractivity contribution < 1.29 is 9.21 Å². The third-order valence-electron chi connectivity index (χ3n) is 4.54. The van der Waals surface area contributed by atoms with Gasteiger partial charge in [-0.1, -0.05) is 36.8 Å². The maximum atomic E-state index is 12.4. The summed E-state index contributed by atoms with van der Waals surface area (Å²) in [5.41, 5.74) is 6.10. The molecule has 0 radical (unpaired) electrons. The van der Waals surface area contributed by atoms with Gasteiger partial charge in [0.25, 0.3) is 5.91 Å². The van der Waals surface area contributed by atoms with Crippen molar-refractivity contribution in [3.8, 4) is 11.5 Å². The summed E-state index contributed by atoms with van der Waals surface area (Å²) in [6.07, 6.45) is 0.957. The van der Waals surface area contributed by atoms with Crippen molar-refractivity contribution in [1.29, 1.82) is 0 Å². The molecule has 3 aromatic carbocycles. The molecule has 0 saturated carbocycles. The van der Waals surface area contributed by atoms with Crippen molar-refractivity contribution in [3.05, 3.63) is 83.4 Å². The molecule has 27 heavy (non-hydrogen) atoms. The number of carbonyl (C=O) groups is 1. The largest absolute Gasteiger partial charge is 0.436 e. The number of hydrogen-bond acceptors (Lipinski definition) is 3. The SMILES string of the molecule is CCc1ccc2oc(-c3cccc(NC(=O)c4ccc(C)cc4)c3)nc2c1. The molecule has 4 heteroatoms. The van der Waals surface area contributed by atoms with E-state index in [1.165, 1.54) is 5.56 Å². The summed E-state index contributed by atoms with van der Waals surface area (Å²) in [7, 11) is 0. The standard InChI is InChI=1S/C23H20N2O2/c1-3-16-9-12-21-20(13-16)25-23(27-21)18-5-4-6-19(14-18)24-22(26)17-10-7-15(2)8-11-17/h4-14H,3H2,1-2H3,(H,24,26). The van der Waals surface area contributed by atoms with Gasteiger partial charge >= 0.3 is 0 Å². The fourth-order valence-electron chi connectivity index (χ4n) is 2.95. The van der Waals surface area contributed by atoms with Crippen LogP contribution in [0.2, 0.25) is 0 Å². The number of nitrogens with zero attached hydrogens (tertiary/aromatic N) is 1. The normalized spacial score (nSPS) is 10.9. The number of fused-ring (bicyclic) bond motifs is 1. The van der Waals surface area contributed by atoms with E-state index in [-0.39, 0.29) is 5.91 Å². The third-order valence-corrected chi connectivity index (χ3v) is 4.54. The molecule has 1 amide bonds. The molecule has 0 bridgehead atoms. The fraction of sp³-hybridized carbons (Fsp3) is 0.130. The van der Waals surface area contributed by atoms with E-state index in [2.05, 4.69) is 23.3 Å². The first-order valence-electron chi connectivity index (χ1n) is 9.00. The van der Waals surface area contributed by atoms with Crippen molar-refractivity contribution in [2.24, 2.45) is 0 Å². The molecule has 0 aliphatic rings. The van der Waals surface area contributed by atoms with Crippen LogP contribution < -0.4 is 5.32 Å². The summed E-state index contributed by atoms with van der Waals surface area (Å²) in [5, 5.41) is 2.93. The van der Waals surface area contributed by atoms with Gasteiger partial charge in [0.05, 0.1) is 0 Å². The molecule has 4 rings (SSSR count). The van der Waals surface area contributed by atoms with Gasteiger partial charge in [-0.2, -0.15) is 0 Å². The third kappa shape index (κ3) is 3.60. The number of carbonyl (C=O) groups excluding carboxylic acids is 1.